The highest BCUT2D eigenvalue weighted by Crippen LogP contribution is 2.41. The molecular formula is C15H14BrNO2. The number of carbonyl (C=O) groups excluding carboxylic acids is 1. The lowest BCUT2D eigenvalue weighted by atomic mass is 9.85. The molecule has 1 aromatic carbocycles. The van der Waals surface area contributed by atoms with E-state index in [0.717, 1.165) is 22.6 Å². The monoisotopic (exact) mass is 319 g/mol. The van der Waals surface area contributed by atoms with E-state index < -0.39 is 5.41 Å². The zero-order chi connectivity index (χ0) is 13.6. The summed E-state index contributed by atoms with van der Waals surface area (Å²) in [5.41, 5.74) is 2.53. The average Bonchev–Trinajstić information content (AvgIpc) is 2.98. The predicted octanol–water partition coefficient (Wildman–Crippen LogP) is 3.99. The van der Waals surface area contributed by atoms with Crippen molar-refractivity contribution < 1.29 is 9.21 Å². The molecular weight excluding hydrogens is 306 g/mol. The van der Waals surface area contributed by atoms with Crippen molar-refractivity contribution in [1.29, 1.82) is 0 Å². The summed E-state index contributed by atoms with van der Waals surface area (Å²) in [7, 11) is 0. The van der Waals surface area contributed by atoms with Gasteiger partial charge in [0.25, 0.3) is 0 Å². The van der Waals surface area contributed by atoms with Gasteiger partial charge in [-0.3, -0.25) is 4.79 Å². The molecule has 0 saturated carbocycles. The summed E-state index contributed by atoms with van der Waals surface area (Å²) >= 11 is 3.64. The Morgan fingerprint density at radius 3 is 2.79 bits per heavy atom. The van der Waals surface area contributed by atoms with E-state index in [-0.39, 0.29) is 10.7 Å². The van der Waals surface area contributed by atoms with Gasteiger partial charge in [0.2, 0.25) is 5.91 Å². The highest BCUT2D eigenvalue weighted by atomic mass is 79.9. The fourth-order valence-corrected chi connectivity index (χ4v) is 2.89. The van der Waals surface area contributed by atoms with Crippen LogP contribution in [0, 0.1) is 0 Å². The third kappa shape index (κ3) is 1.91. The summed E-state index contributed by atoms with van der Waals surface area (Å²) in [6.07, 6.45) is 1.66. The Balaban J connectivity index is 2.04. The highest BCUT2D eigenvalue weighted by Gasteiger charge is 2.38. The van der Waals surface area contributed by atoms with Crippen molar-refractivity contribution in [2.45, 2.75) is 24.1 Å². The standard InChI is InChI=1S/C15H14BrNO2/c1-15(2)10-8-9(5-6-11(10)17-14(15)18)13(16)12-4-3-7-19-12/h3-8,13H,1-2H3,(H,17,18). The van der Waals surface area contributed by atoms with Crippen LogP contribution in [0.15, 0.2) is 41.0 Å². The Morgan fingerprint density at radius 1 is 1.32 bits per heavy atom. The van der Waals surface area contributed by atoms with E-state index in [1.807, 2.05) is 38.1 Å². The van der Waals surface area contributed by atoms with Crippen LogP contribution in [0.5, 0.6) is 0 Å². The summed E-state index contributed by atoms with van der Waals surface area (Å²) in [5.74, 6) is 0.902. The maximum Gasteiger partial charge on any atom is 0.234 e. The number of hydrogen-bond acceptors (Lipinski definition) is 2. The molecule has 3 nitrogen and oxygen atoms in total. The van der Waals surface area contributed by atoms with E-state index in [2.05, 4.69) is 27.3 Å². The van der Waals surface area contributed by atoms with Crippen molar-refractivity contribution in [2.75, 3.05) is 5.32 Å². The van der Waals surface area contributed by atoms with Crippen molar-refractivity contribution in [3.63, 3.8) is 0 Å². The van der Waals surface area contributed by atoms with E-state index in [4.69, 9.17) is 4.42 Å². The number of anilines is 1. The van der Waals surface area contributed by atoms with Gasteiger partial charge in [-0.1, -0.05) is 28.1 Å². The lowest BCUT2D eigenvalue weighted by Crippen LogP contribution is -2.26. The van der Waals surface area contributed by atoms with Crippen LogP contribution in [0.25, 0.3) is 0 Å². The Morgan fingerprint density at radius 2 is 2.11 bits per heavy atom. The normalized spacial score (nSPS) is 17.9. The second-order valence-corrected chi connectivity index (χ2v) is 6.18. The fourth-order valence-electron chi connectivity index (χ4n) is 2.35. The van der Waals surface area contributed by atoms with Gasteiger partial charge < -0.3 is 9.73 Å². The van der Waals surface area contributed by atoms with E-state index in [1.54, 1.807) is 6.26 Å². The van der Waals surface area contributed by atoms with Gasteiger partial charge in [0.1, 0.15) is 5.76 Å². The molecule has 1 amide bonds. The second kappa shape index (κ2) is 4.23. The van der Waals surface area contributed by atoms with Gasteiger partial charge in [-0.15, -0.1) is 0 Å². The van der Waals surface area contributed by atoms with Crippen LogP contribution in [0.4, 0.5) is 5.69 Å². The topological polar surface area (TPSA) is 42.2 Å². The number of furan rings is 1. The maximum atomic E-state index is 11.9. The van der Waals surface area contributed by atoms with Crippen LogP contribution in [0.1, 0.15) is 35.6 Å². The number of halogens is 1. The van der Waals surface area contributed by atoms with Gasteiger partial charge >= 0.3 is 0 Å². The van der Waals surface area contributed by atoms with Gasteiger partial charge in [0.15, 0.2) is 0 Å². The molecule has 1 aliphatic rings. The molecule has 0 radical (unpaired) electrons. The van der Waals surface area contributed by atoms with Gasteiger partial charge in [-0.25, -0.2) is 0 Å². The molecule has 3 rings (SSSR count). The number of fused-ring (bicyclic) bond motifs is 1. The molecule has 0 aliphatic carbocycles. The molecule has 1 N–H and O–H groups in total. The van der Waals surface area contributed by atoms with E-state index in [1.165, 1.54) is 0 Å². The fraction of sp³-hybridized carbons (Fsp3) is 0.267. The van der Waals surface area contributed by atoms with Gasteiger partial charge in [0.05, 0.1) is 16.5 Å². The first-order valence-electron chi connectivity index (χ1n) is 6.13. The minimum atomic E-state index is -0.485. The van der Waals surface area contributed by atoms with Crippen molar-refractivity contribution in [3.8, 4) is 0 Å². The average molecular weight is 320 g/mol. The molecule has 0 saturated heterocycles. The Hall–Kier alpha value is -1.55. The van der Waals surface area contributed by atoms with Gasteiger partial charge in [0, 0.05) is 5.69 Å². The number of rotatable bonds is 2. The van der Waals surface area contributed by atoms with Crippen LogP contribution in [0.3, 0.4) is 0 Å². The Bertz CT molecular complexity index is 632. The number of alkyl halides is 1. The smallest absolute Gasteiger partial charge is 0.234 e. The largest absolute Gasteiger partial charge is 0.468 e. The SMILES string of the molecule is CC1(C)C(=O)Nc2ccc(C(Br)c3ccco3)cc21. The summed E-state index contributed by atoms with van der Waals surface area (Å²) in [4.78, 5) is 11.9. The molecule has 1 unspecified atom stereocenters. The zero-order valence-electron chi connectivity index (χ0n) is 10.7. The van der Waals surface area contributed by atoms with Crippen LogP contribution in [-0.4, -0.2) is 5.91 Å². The molecule has 2 aromatic rings. The summed E-state index contributed by atoms with van der Waals surface area (Å²) in [6.45, 7) is 3.88. The van der Waals surface area contributed by atoms with Crippen molar-refractivity contribution in [3.05, 3.63) is 53.5 Å². The molecule has 0 fully saturated rings. The Kier molecular flexibility index (Phi) is 2.78. The predicted molar refractivity (Wildman–Crippen MR) is 77.6 cm³/mol. The van der Waals surface area contributed by atoms with E-state index in [0.29, 0.717) is 0 Å². The number of amides is 1. The third-order valence-electron chi connectivity index (χ3n) is 3.62. The van der Waals surface area contributed by atoms with Crippen LogP contribution in [-0.2, 0) is 10.2 Å². The number of benzene rings is 1. The number of nitrogens with one attached hydrogen (secondary N) is 1. The first-order chi connectivity index (χ1) is 9.00. The van der Waals surface area contributed by atoms with E-state index in [9.17, 15) is 4.79 Å². The molecule has 1 aliphatic heterocycles. The summed E-state index contributed by atoms with van der Waals surface area (Å²) in [5, 5.41) is 2.91. The minimum Gasteiger partial charge on any atom is -0.468 e. The highest BCUT2D eigenvalue weighted by molar-refractivity contribution is 9.09. The zero-order valence-corrected chi connectivity index (χ0v) is 12.3. The van der Waals surface area contributed by atoms with Gasteiger partial charge in [-0.05, 0) is 43.2 Å². The van der Waals surface area contributed by atoms with E-state index >= 15 is 0 Å². The lowest BCUT2D eigenvalue weighted by Gasteiger charge is -2.17. The minimum absolute atomic E-state index is 0.000646. The second-order valence-electron chi connectivity index (χ2n) is 5.26. The Labute approximate surface area is 120 Å². The van der Waals surface area contributed by atoms with Crippen molar-refractivity contribution in [1.82, 2.24) is 0 Å². The van der Waals surface area contributed by atoms with Crippen molar-refractivity contribution >= 4 is 27.5 Å². The first kappa shape index (κ1) is 12.5. The molecule has 1 atom stereocenters. The van der Waals surface area contributed by atoms with Crippen LogP contribution in [0.2, 0.25) is 0 Å². The molecule has 2 heterocycles. The van der Waals surface area contributed by atoms with Gasteiger partial charge in [-0.2, -0.15) is 0 Å². The summed E-state index contributed by atoms with van der Waals surface area (Å²) in [6, 6.07) is 9.82. The molecule has 19 heavy (non-hydrogen) atoms. The third-order valence-corrected chi connectivity index (χ3v) is 4.60. The number of carbonyl (C=O) groups is 1. The van der Waals surface area contributed by atoms with Crippen LogP contribution >= 0.6 is 15.9 Å². The van der Waals surface area contributed by atoms with Crippen LogP contribution < -0.4 is 5.32 Å². The lowest BCUT2D eigenvalue weighted by molar-refractivity contribution is -0.119. The molecule has 1 aromatic heterocycles. The molecule has 0 spiro atoms. The van der Waals surface area contributed by atoms with Crippen molar-refractivity contribution in [2.24, 2.45) is 0 Å². The maximum absolute atomic E-state index is 11.9. The quantitative estimate of drug-likeness (QED) is 0.850. The number of hydrogen-bond donors (Lipinski definition) is 1. The molecule has 98 valence electrons. The summed E-state index contributed by atoms with van der Waals surface area (Å²) < 4.78 is 5.41. The first-order valence-corrected chi connectivity index (χ1v) is 7.05. The molecule has 4 heteroatoms. The molecule has 0 bridgehead atoms.